The van der Waals surface area contributed by atoms with Crippen LogP contribution in [0.3, 0.4) is 0 Å². The summed E-state index contributed by atoms with van der Waals surface area (Å²) in [5.41, 5.74) is 0.227. The molecule has 1 aromatic carbocycles. The fraction of sp³-hybridized carbons (Fsp3) is 0.533. The number of hydrogen-bond donors (Lipinski definition) is 2. The monoisotopic (exact) mass is 262 g/mol. The molecule has 4 heteroatoms. The van der Waals surface area contributed by atoms with Crippen molar-refractivity contribution in [2.75, 3.05) is 20.3 Å². The summed E-state index contributed by atoms with van der Waals surface area (Å²) in [4.78, 5) is 0. The smallest absolute Gasteiger partial charge is 0.0765 e. The van der Waals surface area contributed by atoms with E-state index in [0.29, 0.717) is 26.0 Å². The molecule has 0 amide bonds. The minimum atomic E-state index is -0.835. The van der Waals surface area contributed by atoms with E-state index in [1.54, 1.807) is 14.0 Å². The molecule has 0 fully saturated rings. The van der Waals surface area contributed by atoms with Gasteiger partial charge in [0, 0.05) is 32.7 Å². The van der Waals surface area contributed by atoms with E-state index in [1.807, 2.05) is 30.3 Å². The normalized spacial score (nSPS) is 15.5. The summed E-state index contributed by atoms with van der Waals surface area (Å²) in [5, 5.41) is 22.3. The van der Waals surface area contributed by atoms with Gasteiger partial charge in [-0.05, 0) is 12.5 Å². The van der Waals surface area contributed by atoms with E-state index in [-0.39, 0.29) is 6.04 Å². The second-order valence-electron chi connectivity index (χ2n) is 4.95. The van der Waals surface area contributed by atoms with Crippen LogP contribution in [0, 0.1) is 11.3 Å². The van der Waals surface area contributed by atoms with Crippen molar-refractivity contribution in [1.82, 2.24) is 5.32 Å². The summed E-state index contributed by atoms with van der Waals surface area (Å²) >= 11 is 0. The van der Waals surface area contributed by atoms with Crippen LogP contribution in [0.4, 0.5) is 0 Å². The van der Waals surface area contributed by atoms with Crippen LogP contribution < -0.4 is 5.32 Å². The lowest BCUT2D eigenvalue weighted by Gasteiger charge is -2.26. The Hall–Kier alpha value is -1.41. The van der Waals surface area contributed by atoms with Crippen LogP contribution in [0.1, 0.15) is 31.4 Å². The molecule has 2 unspecified atom stereocenters. The highest BCUT2D eigenvalue weighted by Gasteiger charge is 2.22. The zero-order valence-electron chi connectivity index (χ0n) is 11.6. The molecule has 104 valence electrons. The topological polar surface area (TPSA) is 65.3 Å². The summed E-state index contributed by atoms with van der Waals surface area (Å²) in [6, 6.07) is 11.9. The molecule has 0 saturated carbocycles. The Bertz CT molecular complexity index is 398. The fourth-order valence-corrected chi connectivity index (χ4v) is 1.84. The molecule has 0 saturated heterocycles. The van der Waals surface area contributed by atoms with Crippen LogP contribution in [-0.4, -0.2) is 31.0 Å². The number of nitrogens with zero attached hydrogens (tertiary/aromatic N) is 1. The third-order valence-corrected chi connectivity index (χ3v) is 3.07. The summed E-state index contributed by atoms with van der Waals surface area (Å²) in [5.74, 6) is 0. The molecular weight excluding hydrogens is 240 g/mol. The van der Waals surface area contributed by atoms with Crippen LogP contribution in [0.25, 0.3) is 0 Å². The van der Waals surface area contributed by atoms with Gasteiger partial charge in [0.15, 0.2) is 0 Å². The molecule has 4 nitrogen and oxygen atoms in total. The van der Waals surface area contributed by atoms with E-state index >= 15 is 0 Å². The molecule has 0 radical (unpaired) electrons. The van der Waals surface area contributed by atoms with Crippen LogP contribution in [0.5, 0.6) is 0 Å². The van der Waals surface area contributed by atoms with Crippen molar-refractivity contribution in [3.63, 3.8) is 0 Å². The average molecular weight is 262 g/mol. The lowest BCUT2D eigenvalue weighted by molar-refractivity contribution is 0.0228. The minimum absolute atomic E-state index is 0.0554. The summed E-state index contributed by atoms with van der Waals surface area (Å²) < 4.78 is 4.98. The first-order valence-electron chi connectivity index (χ1n) is 6.45. The third kappa shape index (κ3) is 5.84. The molecule has 1 aromatic rings. The number of rotatable bonds is 8. The lowest BCUT2D eigenvalue weighted by Crippen LogP contribution is -2.40. The number of aliphatic hydroxyl groups is 1. The highest BCUT2D eigenvalue weighted by atomic mass is 16.5. The van der Waals surface area contributed by atoms with Crippen LogP contribution >= 0.6 is 0 Å². The first kappa shape index (κ1) is 15.6. The maximum atomic E-state index is 10.2. The number of nitriles is 1. The van der Waals surface area contributed by atoms with E-state index in [9.17, 15) is 5.11 Å². The van der Waals surface area contributed by atoms with Crippen molar-refractivity contribution in [3.8, 4) is 6.07 Å². The van der Waals surface area contributed by atoms with Gasteiger partial charge in [-0.1, -0.05) is 30.3 Å². The lowest BCUT2D eigenvalue weighted by atomic mass is 10.00. The van der Waals surface area contributed by atoms with Crippen LogP contribution in [-0.2, 0) is 4.74 Å². The van der Waals surface area contributed by atoms with Gasteiger partial charge in [-0.3, -0.25) is 0 Å². The van der Waals surface area contributed by atoms with Crippen molar-refractivity contribution in [2.45, 2.75) is 31.4 Å². The number of methoxy groups -OCH3 is 1. The Morgan fingerprint density at radius 2 is 2.11 bits per heavy atom. The first-order chi connectivity index (χ1) is 9.09. The van der Waals surface area contributed by atoms with Crippen LogP contribution in [0.15, 0.2) is 30.3 Å². The van der Waals surface area contributed by atoms with Gasteiger partial charge in [0.25, 0.3) is 0 Å². The van der Waals surface area contributed by atoms with Crippen molar-refractivity contribution in [3.05, 3.63) is 35.9 Å². The van der Waals surface area contributed by atoms with E-state index in [4.69, 9.17) is 10.00 Å². The molecular formula is C15H22N2O2. The molecule has 2 atom stereocenters. The van der Waals surface area contributed by atoms with Gasteiger partial charge >= 0.3 is 0 Å². The predicted molar refractivity (Wildman–Crippen MR) is 74.5 cm³/mol. The molecule has 1 rings (SSSR count). The first-order valence-corrected chi connectivity index (χ1v) is 6.45. The number of hydrogen-bond acceptors (Lipinski definition) is 4. The maximum absolute atomic E-state index is 10.2. The van der Waals surface area contributed by atoms with Crippen LogP contribution in [0.2, 0.25) is 0 Å². The predicted octanol–water partition coefficient (Wildman–Crippen LogP) is 2.02. The fourth-order valence-electron chi connectivity index (χ4n) is 1.84. The van der Waals surface area contributed by atoms with E-state index in [2.05, 4.69) is 11.4 Å². The quantitative estimate of drug-likeness (QED) is 0.752. The van der Waals surface area contributed by atoms with E-state index < -0.39 is 5.60 Å². The Morgan fingerprint density at radius 3 is 2.68 bits per heavy atom. The van der Waals surface area contributed by atoms with Crippen molar-refractivity contribution < 1.29 is 9.84 Å². The van der Waals surface area contributed by atoms with Gasteiger partial charge in [-0.15, -0.1) is 0 Å². The third-order valence-electron chi connectivity index (χ3n) is 3.07. The average Bonchev–Trinajstić information content (AvgIpc) is 2.42. The Labute approximate surface area is 115 Å². The van der Waals surface area contributed by atoms with Gasteiger partial charge in [0.2, 0.25) is 0 Å². The van der Waals surface area contributed by atoms with Gasteiger partial charge in [-0.25, -0.2) is 0 Å². The summed E-state index contributed by atoms with van der Waals surface area (Å²) in [7, 11) is 1.62. The zero-order valence-corrected chi connectivity index (χ0v) is 11.6. The van der Waals surface area contributed by atoms with E-state index in [0.717, 1.165) is 5.56 Å². The molecule has 0 aromatic heterocycles. The van der Waals surface area contributed by atoms with Gasteiger partial charge in [0.05, 0.1) is 18.1 Å². The Morgan fingerprint density at radius 1 is 1.42 bits per heavy atom. The largest absolute Gasteiger partial charge is 0.389 e. The minimum Gasteiger partial charge on any atom is -0.389 e. The molecule has 0 aliphatic carbocycles. The van der Waals surface area contributed by atoms with Gasteiger partial charge in [-0.2, -0.15) is 5.26 Å². The standard InChI is InChI=1S/C15H22N2O2/c1-15(18,9-11-19-2)12-17-14(8-10-16)13-6-4-3-5-7-13/h3-7,14,17-18H,8-9,11-12H2,1-2H3. The molecule has 0 aliphatic rings. The SMILES string of the molecule is COCCC(C)(O)CNC(CC#N)c1ccccc1. The summed E-state index contributed by atoms with van der Waals surface area (Å²) in [6.45, 7) is 2.72. The molecule has 0 heterocycles. The van der Waals surface area contributed by atoms with Crippen molar-refractivity contribution in [1.29, 1.82) is 5.26 Å². The number of ether oxygens (including phenoxy) is 1. The van der Waals surface area contributed by atoms with Crippen molar-refractivity contribution >= 4 is 0 Å². The number of benzene rings is 1. The Balaban J connectivity index is 2.58. The summed E-state index contributed by atoms with van der Waals surface area (Å²) in [6.07, 6.45) is 0.939. The molecule has 2 N–H and O–H groups in total. The zero-order chi connectivity index (χ0) is 14.1. The highest BCUT2D eigenvalue weighted by Crippen LogP contribution is 2.17. The molecule has 0 spiro atoms. The number of nitrogens with one attached hydrogen (secondary N) is 1. The Kier molecular flexibility index (Phi) is 6.51. The second kappa shape index (κ2) is 7.90. The molecule has 19 heavy (non-hydrogen) atoms. The highest BCUT2D eigenvalue weighted by molar-refractivity contribution is 5.20. The molecule has 0 aliphatic heterocycles. The van der Waals surface area contributed by atoms with Gasteiger partial charge < -0.3 is 15.2 Å². The second-order valence-corrected chi connectivity index (χ2v) is 4.95. The van der Waals surface area contributed by atoms with Crippen molar-refractivity contribution in [2.24, 2.45) is 0 Å². The van der Waals surface area contributed by atoms with E-state index in [1.165, 1.54) is 0 Å². The van der Waals surface area contributed by atoms with Gasteiger partial charge in [0.1, 0.15) is 0 Å². The molecule has 0 bridgehead atoms. The maximum Gasteiger partial charge on any atom is 0.0765 e.